The minimum atomic E-state index is -0.0446. The lowest BCUT2D eigenvalue weighted by Crippen LogP contribution is -2.41. The van der Waals surface area contributed by atoms with E-state index >= 15 is 0 Å². The van der Waals surface area contributed by atoms with Crippen molar-refractivity contribution in [1.29, 1.82) is 0 Å². The molecule has 0 atom stereocenters. The third-order valence-corrected chi connectivity index (χ3v) is 5.22. The number of methoxy groups -OCH3 is 1. The Morgan fingerprint density at radius 1 is 1.00 bits per heavy atom. The van der Waals surface area contributed by atoms with Crippen LogP contribution in [0, 0.1) is 5.92 Å². The zero-order valence-corrected chi connectivity index (χ0v) is 16.4. The molecular formula is C23H28N2O3. The van der Waals surface area contributed by atoms with E-state index in [0.29, 0.717) is 39.0 Å². The fourth-order valence-electron chi connectivity index (χ4n) is 3.54. The Kier molecular flexibility index (Phi) is 7.20. The summed E-state index contributed by atoms with van der Waals surface area (Å²) in [5.41, 5.74) is 3.05. The molecule has 1 saturated heterocycles. The molecule has 1 fully saturated rings. The fraction of sp³-hybridized carbons (Fsp3) is 0.391. The molecular weight excluding hydrogens is 352 g/mol. The van der Waals surface area contributed by atoms with Crippen LogP contribution in [0.5, 0.6) is 0 Å². The van der Waals surface area contributed by atoms with Crippen LogP contribution in [0.15, 0.2) is 54.6 Å². The topological polar surface area (TPSA) is 58.6 Å². The lowest BCUT2D eigenvalue weighted by Gasteiger charge is -2.31. The van der Waals surface area contributed by atoms with Crippen LogP contribution in [-0.4, -0.2) is 36.9 Å². The van der Waals surface area contributed by atoms with Crippen LogP contribution in [0.1, 0.15) is 30.4 Å². The van der Waals surface area contributed by atoms with E-state index in [-0.39, 0.29) is 17.7 Å². The summed E-state index contributed by atoms with van der Waals surface area (Å²) in [7, 11) is 1.66. The number of carbonyl (C=O) groups excluding carboxylic acids is 2. The van der Waals surface area contributed by atoms with Crippen LogP contribution >= 0.6 is 0 Å². The number of hydrogen-bond acceptors (Lipinski definition) is 3. The van der Waals surface area contributed by atoms with E-state index in [1.165, 1.54) is 5.56 Å². The summed E-state index contributed by atoms with van der Waals surface area (Å²) in [6.07, 6.45) is 2.71. The quantitative estimate of drug-likeness (QED) is 0.798. The Bertz CT molecular complexity index is 766. The molecule has 3 rings (SSSR count). The molecule has 0 saturated carbocycles. The Morgan fingerprint density at radius 3 is 2.32 bits per heavy atom. The van der Waals surface area contributed by atoms with E-state index in [2.05, 4.69) is 5.32 Å². The number of rotatable bonds is 7. The van der Waals surface area contributed by atoms with Gasteiger partial charge in [-0.15, -0.1) is 0 Å². The maximum absolute atomic E-state index is 12.5. The number of hydrogen-bond donors (Lipinski definition) is 1. The van der Waals surface area contributed by atoms with E-state index in [9.17, 15) is 9.59 Å². The van der Waals surface area contributed by atoms with Crippen molar-refractivity contribution in [1.82, 2.24) is 4.90 Å². The second-order valence-corrected chi connectivity index (χ2v) is 7.26. The number of ether oxygens (including phenoxy) is 1. The van der Waals surface area contributed by atoms with Gasteiger partial charge in [0.25, 0.3) is 0 Å². The second-order valence-electron chi connectivity index (χ2n) is 7.26. The van der Waals surface area contributed by atoms with Crippen molar-refractivity contribution in [3.63, 3.8) is 0 Å². The van der Waals surface area contributed by atoms with Gasteiger partial charge >= 0.3 is 0 Å². The molecule has 0 aliphatic carbocycles. The van der Waals surface area contributed by atoms with Crippen molar-refractivity contribution in [2.24, 2.45) is 5.92 Å². The molecule has 2 amide bonds. The molecule has 0 unspecified atom stereocenters. The van der Waals surface area contributed by atoms with Gasteiger partial charge in [0.2, 0.25) is 11.8 Å². The van der Waals surface area contributed by atoms with Gasteiger partial charge in [-0.05, 0) is 42.5 Å². The number of nitrogens with zero attached hydrogens (tertiary/aromatic N) is 1. The Labute approximate surface area is 166 Å². The first kappa shape index (κ1) is 20.1. The van der Waals surface area contributed by atoms with Crippen molar-refractivity contribution < 1.29 is 14.3 Å². The van der Waals surface area contributed by atoms with Gasteiger partial charge < -0.3 is 15.0 Å². The number of anilines is 1. The molecule has 2 aromatic carbocycles. The highest BCUT2D eigenvalue weighted by molar-refractivity contribution is 5.92. The Hall–Kier alpha value is -2.66. The highest BCUT2D eigenvalue weighted by Crippen LogP contribution is 2.21. The first-order valence-electron chi connectivity index (χ1n) is 9.86. The van der Waals surface area contributed by atoms with Crippen molar-refractivity contribution in [3.05, 3.63) is 65.7 Å². The van der Waals surface area contributed by atoms with E-state index in [4.69, 9.17) is 4.74 Å². The van der Waals surface area contributed by atoms with E-state index < -0.39 is 0 Å². The highest BCUT2D eigenvalue weighted by atomic mass is 16.5. The molecule has 1 aliphatic heterocycles. The second kappa shape index (κ2) is 10.0. The summed E-state index contributed by atoms with van der Waals surface area (Å²) in [5.74, 6) is 0.171. The highest BCUT2D eigenvalue weighted by Gasteiger charge is 2.27. The van der Waals surface area contributed by atoms with Crippen LogP contribution in [0.25, 0.3) is 0 Å². The third kappa shape index (κ3) is 5.67. The van der Waals surface area contributed by atoms with Crippen molar-refractivity contribution in [2.75, 3.05) is 25.5 Å². The number of nitrogens with one attached hydrogen (secondary N) is 1. The zero-order valence-electron chi connectivity index (χ0n) is 16.4. The summed E-state index contributed by atoms with van der Waals surface area (Å²) in [5, 5.41) is 2.99. The van der Waals surface area contributed by atoms with Gasteiger partial charge in [0.05, 0.1) is 6.61 Å². The number of likely N-dealkylation sites (tertiary alicyclic amines) is 1. The van der Waals surface area contributed by atoms with Gasteiger partial charge in [-0.1, -0.05) is 42.5 Å². The molecule has 0 radical (unpaired) electrons. The van der Waals surface area contributed by atoms with E-state index in [0.717, 1.165) is 17.7 Å². The number of aryl methyl sites for hydroxylation is 1. The smallest absolute Gasteiger partial charge is 0.227 e. The van der Waals surface area contributed by atoms with Crippen LogP contribution in [-0.2, 0) is 27.4 Å². The van der Waals surface area contributed by atoms with Crippen LogP contribution in [0.3, 0.4) is 0 Å². The molecule has 1 N–H and O–H groups in total. The van der Waals surface area contributed by atoms with Crippen LogP contribution < -0.4 is 5.32 Å². The predicted molar refractivity (Wildman–Crippen MR) is 110 cm³/mol. The molecule has 1 aliphatic rings. The normalized spacial score (nSPS) is 14.7. The summed E-state index contributed by atoms with van der Waals surface area (Å²) in [6.45, 7) is 1.86. The van der Waals surface area contributed by atoms with Crippen LogP contribution in [0.4, 0.5) is 5.69 Å². The van der Waals surface area contributed by atoms with Gasteiger partial charge in [0.15, 0.2) is 0 Å². The summed E-state index contributed by atoms with van der Waals surface area (Å²) >= 11 is 0. The minimum Gasteiger partial charge on any atom is -0.380 e. The molecule has 0 aromatic heterocycles. The lowest BCUT2D eigenvalue weighted by atomic mass is 9.95. The standard InChI is InChI=1S/C23H28N2O3/c1-28-17-19-7-10-21(11-8-19)24-23(27)20-13-15-25(16-14-20)22(26)12-9-18-5-3-2-4-6-18/h2-8,10-11,20H,9,12-17H2,1H3,(H,24,27). The van der Waals surface area contributed by atoms with Gasteiger partial charge in [0.1, 0.15) is 0 Å². The molecule has 5 nitrogen and oxygen atoms in total. The Morgan fingerprint density at radius 2 is 1.68 bits per heavy atom. The first-order valence-corrected chi connectivity index (χ1v) is 9.86. The maximum Gasteiger partial charge on any atom is 0.227 e. The average molecular weight is 380 g/mol. The summed E-state index contributed by atoms with van der Waals surface area (Å²) < 4.78 is 5.10. The average Bonchev–Trinajstić information content (AvgIpc) is 2.74. The number of piperidine rings is 1. The number of carbonyl (C=O) groups is 2. The Balaban J connectivity index is 1.42. The van der Waals surface area contributed by atoms with Crippen molar-refractivity contribution in [2.45, 2.75) is 32.3 Å². The van der Waals surface area contributed by atoms with Gasteiger partial charge in [0, 0.05) is 38.2 Å². The molecule has 5 heteroatoms. The molecule has 1 heterocycles. The number of benzene rings is 2. The molecule has 2 aromatic rings. The monoisotopic (exact) mass is 380 g/mol. The summed E-state index contributed by atoms with van der Waals surface area (Å²) in [6, 6.07) is 17.8. The maximum atomic E-state index is 12.5. The van der Waals surface area contributed by atoms with E-state index in [1.54, 1.807) is 7.11 Å². The molecule has 28 heavy (non-hydrogen) atoms. The largest absolute Gasteiger partial charge is 0.380 e. The summed E-state index contributed by atoms with van der Waals surface area (Å²) in [4.78, 5) is 26.9. The number of amides is 2. The van der Waals surface area contributed by atoms with E-state index in [1.807, 2.05) is 59.5 Å². The fourth-order valence-corrected chi connectivity index (χ4v) is 3.54. The molecule has 0 spiro atoms. The first-order chi connectivity index (χ1) is 13.7. The van der Waals surface area contributed by atoms with Gasteiger partial charge in [-0.3, -0.25) is 9.59 Å². The van der Waals surface area contributed by atoms with Gasteiger partial charge in [-0.2, -0.15) is 0 Å². The minimum absolute atomic E-state index is 0.0378. The zero-order chi connectivity index (χ0) is 19.8. The predicted octanol–water partition coefficient (Wildman–Crippen LogP) is 3.64. The molecule has 0 bridgehead atoms. The van der Waals surface area contributed by atoms with Gasteiger partial charge in [-0.25, -0.2) is 0 Å². The van der Waals surface area contributed by atoms with Crippen molar-refractivity contribution in [3.8, 4) is 0 Å². The SMILES string of the molecule is COCc1ccc(NC(=O)C2CCN(C(=O)CCc3ccccc3)CC2)cc1. The lowest BCUT2D eigenvalue weighted by molar-refractivity contribution is -0.134. The van der Waals surface area contributed by atoms with Crippen LogP contribution in [0.2, 0.25) is 0 Å². The third-order valence-electron chi connectivity index (χ3n) is 5.22. The van der Waals surface area contributed by atoms with Crippen molar-refractivity contribution >= 4 is 17.5 Å². The molecule has 148 valence electrons.